The first-order valence-corrected chi connectivity index (χ1v) is 8.16. The number of sulfonamides is 1. The fourth-order valence-corrected chi connectivity index (χ4v) is 3.08. The number of ether oxygens (including phenoxy) is 1. The Bertz CT molecular complexity index is 681. The van der Waals surface area contributed by atoms with Crippen molar-refractivity contribution in [2.45, 2.75) is 37.9 Å². The number of para-hydroxylation sites is 1. The van der Waals surface area contributed by atoms with Crippen molar-refractivity contribution < 1.29 is 13.2 Å². The van der Waals surface area contributed by atoms with E-state index in [1.165, 1.54) is 12.3 Å². The monoisotopic (exact) mass is 309 g/mol. The van der Waals surface area contributed by atoms with Crippen molar-refractivity contribution in [3.8, 4) is 5.75 Å². The molecule has 0 aliphatic rings. The Balaban J connectivity index is 2.23. The number of aromatic amines is 1. The molecule has 1 atom stereocenters. The highest BCUT2D eigenvalue weighted by Gasteiger charge is 2.21. The first-order valence-electron chi connectivity index (χ1n) is 6.67. The molecule has 2 rings (SSSR count). The van der Waals surface area contributed by atoms with Crippen molar-refractivity contribution in [2.24, 2.45) is 0 Å². The lowest BCUT2D eigenvalue weighted by atomic mass is 10.1. The Morgan fingerprint density at radius 2 is 1.90 bits per heavy atom. The van der Waals surface area contributed by atoms with Crippen LogP contribution in [0.15, 0.2) is 41.6 Å². The summed E-state index contributed by atoms with van der Waals surface area (Å²) in [6.07, 6.45) is 1.41. The summed E-state index contributed by atoms with van der Waals surface area (Å²) in [6.45, 7) is 5.63. The molecule has 114 valence electrons. The summed E-state index contributed by atoms with van der Waals surface area (Å²) < 4.78 is 32.7. The van der Waals surface area contributed by atoms with Crippen LogP contribution in [0.1, 0.15) is 32.4 Å². The van der Waals surface area contributed by atoms with Crippen LogP contribution in [0.3, 0.4) is 0 Å². The van der Waals surface area contributed by atoms with Crippen molar-refractivity contribution in [1.82, 2.24) is 14.9 Å². The molecule has 0 saturated heterocycles. The molecule has 7 heteroatoms. The van der Waals surface area contributed by atoms with Gasteiger partial charge in [0.25, 0.3) is 10.0 Å². The SMILES string of the molecule is CC(C)Oc1ccccc1C(C)NS(=O)(=O)c1ccn[nH]1. The molecule has 1 aromatic carbocycles. The van der Waals surface area contributed by atoms with Gasteiger partial charge in [0.1, 0.15) is 5.75 Å². The highest BCUT2D eigenvalue weighted by molar-refractivity contribution is 7.89. The van der Waals surface area contributed by atoms with Gasteiger partial charge in [-0.3, -0.25) is 5.10 Å². The van der Waals surface area contributed by atoms with E-state index >= 15 is 0 Å². The first kappa shape index (κ1) is 15.5. The zero-order chi connectivity index (χ0) is 15.5. The van der Waals surface area contributed by atoms with Gasteiger partial charge in [-0.1, -0.05) is 18.2 Å². The zero-order valence-electron chi connectivity index (χ0n) is 12.2. The molecule has 1 unspecified atom stereocenters. The smallest absolute Gasteiger partial charge is 0.258 e. The minimum atomic E-state index is -3.63. The van der Waals surface area contributed by atoms with Gasteiger partial charge in [0.2, 0.25) is 0 Å². The van der Waals surface area contributed by atoms with Crippen LogP contribution in [0.4, 0.5) is 0 Å². The van der Waals surface area contributed by atoms with Crippen molar-refractivity contribution in [3.05, 3.63) is 42.1 Å². The summed E-state index contributed by atoms with van der Waals surface area (Å²) in [5.41, 5.74) is 0.786. The van der Waals surface area contributed by atoms with Crippen molar-refractivity contribution in [2.75, 3.05) is 0 Å². The molecular weight excluding hydrogens is 290 g/mol. The van der Waals surface area contributed by atoms with Gasteiger partial charge in [-0.15, -0.1) is 0 Å². The molecule has 0 aliphatic carbocycles. The minimum absolute atomic E-state index is 0.0163. The maximum absolute atomic E-state index is 12.2. The van der Waals surface area contributed by atoms with E-state index in [1.54, 1.807) is 6.92 Å². The molecule has 1 aromatic heterocycles. The predicted octanol–water partition coefficient (Wildman–Crippen LogP) is 2.24. The van der Waals surface area contributed by atoms with Crippen LogP contribution < -0.4 is 9.46 Å². The maximum atomic E-state index is 12.2. The van der Waals surface area contributed by atoms with Crippen LogP contribution in [0, 0.1) is 0 Å². The van der Waals surface area contributed by atoms with E-state index in [0.29, 0.717) is 5.75 Å². The molecule has 0 amide bonds. The maximum Gasteiger partial charge on any atom is 0.258 e. The Hall–Kier alpha value is -1.86. The highest BCUT2D eigenvalue weighted by atomic mass is 32.2. The summed E-state index contributed by atoms with van der Waals surface area (Å²) in [7, 11) is -3.63. The van der Waals surface area contributed by atoms with Gasteiger partial charge < -0.3 is 4.74 Å². The summed E-state index contributed by atoms with van der Waals surface area (Å²) in [6, 6.07) is 8.37. The summed E-state index contributed by atoms with van der Waals surface area (Å²) in [4.78, 5) is 0. The molecule has 1 heterocycles. The standard InChI is InChI=1S/C14H19N3O3S/c1-10(2)20-13-7-5-4-6-12(13)11(3)17-21(18,19)14-8-9-15-16-14/h4-11,17H,1-3H3,(H,15,16). The molecule has 0 bridgehead atoms. The molecule has 0 fully saturated rings. The van der Waals surface area contributed by atoms with Gasteiger partial charge in [-0.25, -0.2) is 13.1 Å². The van der Waals surface area contributed by atoms with Crippen molar-refractivity contribution in [3.63, 3.8) is 0 Å². The molecule has 0 saturated carbocycles. The second-order valence-corrected chi connectivity index (χ2v) is 6.65. The molecule has 2 aromatic rings. The topological polar surface area (TPSA) is 84.1 Å². The van der Waals surface area contributed by atoms with Gasteiger partial charge in [0.15, 0.2) is 5.03 Å². The quantitative estimate of drug-likeness (QED) is 0.857. The Morgan fingerprint density at radius 1 is 1.19 bits per heavy atom. The molecular formula is C14H19N3O3S. The average Bonchev–Trinajstić information content (AvgIpc) is 2.92. The largest absolute Gasteiger partial charge is 0.491 e. The molecule has 21 heavy (non-hydrogen) atoms. The second-order valence-electron chi connectivity index (χ2n) is 4.97. The molecule has 2 N–H and O–H groups in total. The lowest BCUT2D eigenvalue weighted by molar-refractivity contribution is 0.238. The van der Waals surface area contributed by atoms with Crippen LogP contribution in [0.2, 0.25) is 0 Å². The van der Waals surface area contributed by atoms with E-state index in [1.807, 2.05) is 38.1 Å². The number of hydrogen-bond donors (Lipinski definition) is 2. The van der Waals surface area contributed by atoms with Crippen molar-refractivity contribution >= 4 is 10.0 Å². The lowest BCUT2D eigenvalue weighted by Gasteiger charge is -2.19. The van der Waals surface area contributed by atoms with Gasteiger partial charge in [-0.05, 0) is 32.9 Å². The van der Waals surface area contributed by atoms with Crippen LogP contribution in [-0.4, -0.2) is 24.7 Å². The highest BCUT2D eigenvalue weighted by Crippen LogP contribution is 2.26. The Kier molecular flexibility index (Phi) is 4.64. The number of aromatic nitrogens is 2. The Morgan fingerprint density at radius 3 is 2.52 bits per heavy atom. The molecule has 0 spiro atoms. The lowest BCUT2D eigenvalue weighted by Crippen LogP contribution is -2.27. The fraction of sp³-hybridized carbons (Fsp3) is 0.357. The number of nitrogens with one attached hydrogen (secondary N) is 2. The van der Waals surface area contributed by atoms with Crippen LogP contribution in [0.25, 0.3) is 0 Å². The minimum Gasteiger partial charge on any atom is -0.491 e. The van der Waals surface area contributed by atoms with Gasteiger partial charge in [0.05, 0.1) is 12.3 Å². The van der Waals surface area contributed by atoms with E-state index in [4.69, 9.17) is 4.74 Å². The van der Waals surface area contributed by atoms with Crippen LogP contribution in [0.5, 0.6) is 5.75 Å². The fourth-order valence-electron chi connectivity index (χ4n) is 1.95. The summed E-state index contributed by atoms with van der Waals surface area (Å²) in [5.74, 6) is 0.673. The van der Waals surface area contributed by atoms with Gasteiger partial charge in [0, 0.05) is 11.6 Å². The third-order valence-corrected chi connectivity index (χ3v) is 4.32. The Labute approximate surface area is 124 Å². The van der Waals surface area contributed by atoms with E-state index in [2.05, 4.69) is 14.9 Å². The molecule has 6 nitrogen and oxygen atoms in total. The van der Waals surface area contributed by atoms with Crippen LogP contribution in [-0.2, 0) is 10.0 Å². The predicted molar refractivity (Wildman–Crippen MR) is 79.5 cm³/mol. The third kappa shape index (κ3) is 3.83. The van der Waals surface area contributed by atoms with E-state index in [9.17, 15) is 8.42 Å². The number of benzene rings is 1. The number of H-pyrrole nitrogens is 1. The molecule has 0 aliphatic heterocycles. The van der Waals surface area contributed by atoms with E-state index in [0.717, 1.165) is 5.56 Å². The van der Waals surface area contributed by atoms with Gasteiger partial charge >= 0.3 is 0 Å². The van der Waals surface area contributed by atoms with Crippen molar-refractivity contribution in [1.29, 1.82) is 0 Å². The third-order valence-electron chi connectivity index (χ3n) is 2.84. The zero-order valence-corrected chi connectivity index (χ0v) is 13.0. The average molecular weight is 309 g/mol. The molecule has 0 radical (unpaired) electrons. The number of hydrogen-bond acceptors (Lipinski definition) is 4. The van der Waals surface area contributed by atoms with Crippen LogP contribution >= 0.6 is 0 Å². The van der Waals surface area contributed by atoms with E-state index < -0.39 is 16.1 Å². The van der Waals surface area contributed by atoms with Gasteiger partial charge in [-0.2, -0.15) is 5.10 Å². The summed E-state index contributed by atoms with van der Waals surface area (Å²) >= 11 is 0. The number of rotatable bonds is 6. The van der Waals surface area contributed by atoms with E-state index in [-0.39, 0.29) is 11.1 Å². The summed E-state index contributed by atoms with van der Waals surface area (Å²) in [5, 5.41) is 6.14. The second kappa shape index (κ2) is 6.28. The first-order chi connectivity index (χ1) is 9.90. The normalized spacial score (nSPS) is 13.3. The number of nitrogens with zero attached hydrogens (tertiary/aromatic N) is 1.